The number of nitrogens with two attached hydrogens (primary N) is 1. The monoisotopic (exact) mass is 181 g/mol. The van der Waals surface area contributed by atoms with Crippen LogP contribution in [-0.2, 0) is 6.42 Å². The molecule has 0 radical (unpaired) electrons. The molecule has 0 saturated heterocycles. The Kier molecular flexibility index (Phi) is 1.96. The van der Waals surface area contributed by atoms with E-state index in [4.69, 9.17) is 5.73 Å². The van der Waals surface area contributed by atoms with Gasteiger partial charge in [0.05, 0.1) is 0 Å². The molecule has 13 heavy (non-hydrogen) atoms. The van der Waals surface area contributed by atoms with Crippen LogP contribution in [0.4, 0.5) is 4.39 Å². The Bertz CT molecular complexity index is 338. The third-order valence-electron chi connectivity index (χ3n) is 2.53. The zero-order chi connectivity index (χ0) is 9.42. The third kappa shape index (κ3) is 1.40. The van der Waals surface area contributed by atoms with Gasteiger partial charge in [-0.3, -0.25) is 0 Å². The van der Waals surface area contributed by atoms with Crippen LogP contribution in [0.5, 0.6) is 5.75 Å². The molecule has 0 saturated carbocycles. The Labute approximate surface area is 76.2 Å². The maximum Gasteiger partial charge on any atom is 0.131 e. The lowest BCUT2D eigenvalue weighted by molar-refractivity contribution is 0.457. The summed E-state index contributed by atoms with van der Waals surface area (Å²) >= 11 is 0. The van der Waals surface area contributed by atoms with E-state index in [1.165, 1.54) is 0 Å². The van der Waals surface area contributed by atoms with Crippen LogP contribution in [-0.4, -0.2) is 5.11 Å². The van der Waals surface area contributed by atoms with E-state index < -0.39 is 0 Å². The molecular formula is C10H12FNO. The van der Waals surface area contributed by atoms with Crippen LogP contribution in [0, 0.1) is 5.82 Å². The molecule has 3 heteroatoms. The Morgan fingerprint density at radius 3 is 3.00 bits per heavy atom. The zero-order valence-electron chi connectivity index (χ0n) is 7.26. The Morgan fingerprint density at radius 2 is 2.23 bits per heavy atom. The first-order valence-corrected chi connectivity index (χ1v) is 4.45. The molecule has 0 heterocycles. The van der Waals surface area contributed by atoms with E-state index in [-0.39, 0.29) is 17.6 Å². The van der Waals surface area contributed by atoms with Gasteiger partial charge in [0.1, 0.15) is 11.6 Å². The molecule has 0 amide bonds. The quantitative estimate of drug-likeness (QED) is 0.641. The van der Waals surface area contributed by atoms with Gasteiger partial charge in [0.25, 0.3) is 0 Å². The van der Waals surface area contributed by atoms with E-state index in [9.17, 15) is 9.50 Å². The number of fused-ring (bicyclic) bond motifs is 1. The first-order valence-electron chi connectivity index (χ1n) is 4.45. The number of aryl methyl sites for hydroxylation is 1. The summed E-state index contributed by atoms with van der Waals surface area (Å²) in [6.07, 6.45) is 2.61. The molecule has 2 nitrogen and oxygen atoms in total. The molecule has 2 rings (SSSR count). The number of benzene rings is 1. The van der Waals surface area contributed by atoms with Crippen LogP contribution in [0.15, 0.2) is 12.1 Å². The van der Waals surface area contributed by atoms with Crippen molar-refractivity contribution >= 4 is 0 Å². The summed E-state index contributed by atoms with van der Waals surface area (Å²) in [7, 11) is 0. The van der Waals surface area contributed by atoms with Crippen LogP contribution < -0.4 is 5.73 Å². The van der Waals surface area contributed by atoms with Gasteiger partial charge in [-0.05, 0) is 30.9 Å². The molecule has 1 aromatic carbocycles. The van der Waals surface area contributed by atoms with Crippen molar-refractivity contribution in [2.75, 3.05) is 0 Å². The van der Waals surface area contributed by atoms with E-state index >= 15 is 0 Å². The molecule has 1 atom stereocenters. The fourth-order valence-electron chi connectivity index (χ4n) is 1.94. The summed E-state index contributed by atoms with van der Waals surface area (Å²) in [5.41, 5.74) is 7.22. The maximum absolute atomic E-state index is 13.3. The van der Waals surface area contributed by atoms with Gasteiger partial charge < -0.3 is 10.8 Å². The topological polar surface area (TPSA) is 46.2 Å². The molecule has 0 unspecified atom stereocenters. The van der Waals surface area contributed by atoms with Crippen LogP contribution in [0.1, 0.15) is 30.0 Å². The lowest BCUT2D eigenvalue weighted by Crippen LogP contribution is -2.18. The van der Waals surface area contributed by atoms with E-state index in [0.29, 0.717) is 5.56 Å². The van der Waals surface area contributed by atoms with Crippen molar-refractivity contribution in [1.82, 2.24) is 0 Å². The van der Waals surface area contributed by atoms with Crippen molar-refractivity contribution in [2.45, 2.75) is 25.3 Å². The van der Waals surface area contributed by atoms with Gasteiger partial charge >= 0.3 is 0 Å². The largest absolute Gasteiger partial charge is 0.508 e. The Hall–Kier alpha value is -1.09. The van der Waals surface area contributed by atoms with Crippen LogP contribution in [0.2, 0.25) is 0 Å². The highest BCUT2D eigenvalue weighted by Crippen LogP contribution is 2.32. The first kappa shape index (κ1) is 8.51. The molecular weight excluding hydrogens is 169 g/mol. The molecule has 1 aliphatic rings. The molecule has 0 spiro atoms. The predicted octanol–water partition coefficient (Wildman–Crippen LogP) is 1.87. The summed E-state index contributed by atoms with van der Waals surface area (Å²) in [6.45, 7) is 0. The number of hydrogen-bond donors (Lipinski definition) is 2. The maximum atomic E-state index is 13.3. The summed E-state index contributed by atoms with van der Waals surface area (Å²) in [5.74, 6) is -0.382. The number of aromatic hydroxyl groups is 1. The Morgan fingerprint density at radius 1 is 1.46 bits per heavy atom. The minimum atomic E-state index is -0.373. The number of phenols is 1. The van der Waals surface area contributed by atoms with Gasteiger partial charge in [0, 0.05) is 17.7 Å². The zero-order valence-corrected chi connectivity index (χ0v) is 7.26. The Balaban J connectivity index is 2.56. The van der Waals surface area contributed by atoms with Crippen molar-refractivity contribution in [1.29, 1.82) is 0 Å². The number of hydrogen-bond acceptors (Lipinski definition) is 2. The average Bonchev–Trinajstić information content (AvgIpc) is 2.02. The van der Waals surface area contributed by atoms with Crippen LogP contribution >= 0.6 is 0 Å². The minimum Gasteiger partial charge on any atom is -0.508 e. The van der Waals surface area contributed by atoms with Crippen molar-refractivity contribution in [2.24, 2.45) is 5.73 Å². The second-order valence-electron chi connectivity index (χ2n) is 3.50. The fraction of sp³-hybridized carbons (Fsp3) is 0.400. The van der Waals surface area contributed by atoms with Crippen molar-refractivity contribution < 1.29 is 9.50 Å². The molecule has 3 N–H and O–H groups in total. The second kappa shape index (κ2) is 3.00. The highest BCUT2D eigenvalue weighted by molar-refractivity contribution is 5.39. The summed E-state index contributed by atoms with van der Waals surface area (Å²) in [5, 5.41) is 9.17. The van der Waals surface area contributed by atoms with Crippen molar-refractivity contribution in [3.63, 3.8) is 0 Å². The fourth-order valence-corrected chi connectivity index (χ4v) is 1.94. The predicted molar refractivity (Wildman–Crippen MR) is 47.9 cm³/mol. The smallest absolute Gasteiger partial charge is 0.131 e. The van der Waals surface area contributed by atoms with Gasteiger partial charge in [-0.2, -0.15) is 0 Å². The lowest BCUT2D eigenvalue weighted by Gasteiger charge is -2.22. The molecule has 0 aliphatic heterocycles. The second-order valence-corrected chi connectivity index (χ2v) is 3.50. The molecule has 0 bridgehead atoms. The normalized spacial score (nSPS) is 21.2. The van der Waals surface area contributed by atoms with Gasteiger partial charge in [-0.1, -0.05) is 0 Å². The highest BCUT2D eigenvalue weighted by atomic mass is 19.1. The molecule has 1 aliphatic carbocycles. The van der Waals surface area contributed by atoms with Gasteiger partial charge in [0.2, 0.25) is 0 Å². The molecule has 0 fully saturated rings. The van der Waals surface area contributed by atoms with Gasteiger partial charge in [-0.25, -0.2) is 4.39 Å². The van der Waals surface area contributed by atoms with Crippen LogP contribution in [0.25, 0.3) is 0 Å². The number of halogens is 1. The first-order chi connectivity index (χ1) is 6.18. The summed E-state index contributed by atoms with van der Waals surface area (Å²) in [4.78, 5) is 0. The number of phenolic OH excluding ortho intramolecular Hbond substituents is 1. The third-order valence-corrected chi connectivity index (χ3v) is 2.53. The summed E-state index contributed by atoms with van der Waals surface area (Å²) < 4.78 is 13.3. The average molecular weight is 181 g/mol. The van der Waals surface area contributed by atoms with E-state index in [1.54, 1.807) is 6.07 Å². The van der Waals surface area contributed by atoms with Gasteiger partial charge in [0.15, 0.2) is 0 Å². The van der Waals surface area contributed by atoms with Crippen molar-refractivity contribution in [3.05, 3.63) is 29.1 Å². The summed E-state index contributed by atoms with van der Waals surface area (Å²) in [6, 6.07) is 2.53. The van der Waals surface area contributed by atoms with Crippen LogP contribution in [0.3, 0.4) is 0 Å². The molecule has 70 valence electrons. The molecule has 0 aromatic heterocycles. The minimum absolute atomic E-state index is 0.00894. The lowest BCUT2D eigenvalue weighted by atomic mass is 9.87. The standard InChI is InChI=1S/C10H12FNO/c11-8-5-7(13)4-6-2-1-3-9(12)10(6)8/h4-5,9,13H,1-3,12H2/t9-/m1/s1. The van der Waals surface area contributed by atoms with E-state index in [0.717, 1.165) is 30.9 Å². The number of rotatable bonds is 0. The van der Waals surface area contributed by atoms with Gasteiger partial charge in [-0.15, -0.1) is 0 Å². The highest BCUT2D eigenvalue weighted by Gasteiger charge is 2.21. The van der Waals surface area contributed by atoms with E-state index in [1.807, 2.05) is 0 Å². The van der Waals surface area contributed by atoms with E-state index in [2.05, 4.69) is 0 Å². The molecule has 1 aromatic rings. The SMILES string of the molecule is N[C@@H]1CCCc2cc(O)cc(F)c21. The van der Waals surface area contributed by atoms with Crippen molar-refractivity contribution in [3.8, 4) is 5.75 Å².